The normalized spacial score (nSPS) is 13.0. The maximum absolute atomic E-state index is 6.30. The number of rotatable bonds is 2. The molecule has 1 aromatic heterocycles. The summed E-state index contributed by atoms with van der Waals surface area (Å²) in [5.74, 6) is 0.984. The van der Waals surface area contributed by atoms with Gasteiger partial charge in [0.2, 0.25) is 8.32 Å². The first-order valence-corrected chi connectivity index (χ1v) is 9.98. The van der Waals surface area contributed by atoms with E-state index in [1.807, 2.05) is 13.0 Å². The second kappa shape index (κ2) is 4.35. The number of hydrogen-bond acceptors (Lipinski definition) is 3. The molecule has 0 aliphatic carbocycles. The molecule has 98 valence electrons. The summed E-state index contributed by atoms with van der Waals surface area (Å²) in [5, 5.41) is 1.33. The van der Waals surface area contributed by atoms with Crippen LogP contribution in [0.15, 0.2) is 18.2 Å². The quantitative estimate of drug-likeness (QED) is 0.723. The van der Waals surface area contributed by atoms with Gasteiger partial charge in [-0.3, -0.25) is 0 Å². The van der Waals surface area contributed by atoms with Crippen molar-refractivity contribution in [3.8, 4) is 5.75 Å². The van der Waals surface area contributed by atoms with Crippen molar-refractivity contribution in [2.45, 2.75) is 45.8 Å². The summed E-state index contributed by atoms with van der Waals surface area (Å²) in [6.45, 7) is 13.4. The number of benzene rings is 1. The molecule has 2 aromatic rings. The Bertz CT molecular complexity index is 569. The van der Waals surface area contributed by atoms with E-state index in [2.05, 4.69) is 51.0 Å². The molecule has 1 heterocycles. The highest BCUT2D eigenvalue weighted by molar-refractivity contribution is 7.18. The van der Waals surface area contributed by atoms with Crippen molar-refractivity contribution >= 4 is 29.9 Å². The Labute approximate surface area is 114 Å². The zero-order valence-corrected chi connectivity index (χ0v) is 13.8. The SMILES string of the molecule is Cc1nc2ccc(O[Si](C)(C)C(C)(C)C)cc2s1. The summed E-state index contributed by atoms with van der Waals surface area (Å²) in [7, 11) is -1.74. The van der Waals surface area contributed by atoms with E-state index in [1.54, 1.807) is 11.3 Å². The molecule has 18 heavy (non-hydrogen) atoms. The van der Waals surface area contributed by atoms with Crippen molar-refractivity contribution in [1.29, 1.82) is 0 Å². The van der Waals surface area contributed by atoms with Crippen LogP contribution in [0.1, 0.15) is 25.8 Å². The Morgan fingerprint density at radius 3 is 2.50 bits per heavy atom. The van der Waals surface area contributed by atoms with Crippen LogP contribution < -0.4 is 4.43 Å². The van der Waals surface area contributed by atoms with Gasteiger partial charge in [0.05, 0.1) is 15.2 Å². The third-order valence-electron chi connectivity index (χ3n) is 3.65. The second-order valence-electron chi connectivity index (χ2n) is 6.22. The first-order valence-electron chi connectivity index (χ1n) is 6.25. The molecule has 0 N–H and O–H groups in total. The summed E-state index contributed by atoms with van der Waals surface area (Å²) in [5.41, 5.74) is 1.07. The van der Waals surface area contributed by atoms with Gasteiger partial charge in [-0.2, -0.15) is 0 Å². The van der Waals surface area contributed by atoms with Crippen LogP contribution in [0.2, 0.25) is 18.1 Å². The van der Waals surface area contributed by atoms with E-state index in [1.165, 1.54) is 4.70 Å². The van der Waals surface area contributed by atoms with Crippen LogP contribution in [-0.2, 0) is 0 Å². The van der Waals surface area contributed by atoms with Crippen LogP contribution in [0, 0.1) is 6.92 Å². The molecule has 2 rings (SSSR count). The molecule has 0 fully saturated rings. The summed E-state index contributed by atoms with van der Waals surface area (Å²) in [4.78, 5) is 4.47. The van der Waals surface area contributed by atoms with Gasteiger partial charge in [-0.15, -0.1) is 11.3 Å². The van der Waals surface area contributed by atoms with E-state index in [4.69, 9.17) is 4.43 Å². The predicted molar refractivity (Wildman–Crippen MR) is 82.2 cm³/mol. The molecule has 0 spiro atoms. The Morgan fingerprint density at radius 1 is 1.22 bits per heavy atom. The van der Waals surface area contributed by atoms with Crippen molar-refractivity contribution in [3.63, 3.8) is 0 Å². The molecular weight excluding hydrogens is 258 g/mol. The molecule has 0 saturated carbocycles. The molecule has 0 saturated heterocycles. The molecule has 4 heteroatoms. The van der Waals surface area contributed by atoms with Crippen molar-refractivity contribution in [2.75, 3.05) is 0 Å². The minimum Gasteiger partial charge on any atom is -0.543 e. The summed E-state index contributed by atoms with van der Waals surface area (Å²) < 4.78 is 7.51. The van der Waals surface area contributed by atoms with Gasteiger partial charge in [0.25, 0.3) is 0 Å². The largest absolute Gasteiger partial charge is 0.543 e. The number of thiazole rings is 1. The van der Waals surface area contributed by atoms with Gasteiger partial charge in [0, 0.05) is 0 Å². The highest BCUT2D eigenvalue weighted by Crippen LogP contribution is 2.38. The molecule has 0 atom stereocenters. The standard InChI is InChI=1S/C14H21NOSSi/c1-10-15-12-8-7-11(9-13(12)17-10)16-18(5,6)14(2,3)4/h7-9H,1-6H3. The lowest BCUT2D eigenvalue weighted by atomic mass is 10.2. The molecule has 0 bridgehead atoms. The first kappa shape index (κ1) is 13.6. The van der Waals surface area contributed by atoms with Crippen LogP contribution >= 0.6 is 11.3 Å². The fourth-order valence-corrected chi connectivity index (χ4v) is 3.41. The monoisotopic (exact) mass is 279 g/mol. The summed E-state index contributed by atoms with van der Waals surface area (Å²) >= 11 is 1.72. The Hall–Kier alpha value is -0.873. The van der Waals surface area contributed by atoms with Crippen LogP contribution in [0.5, 0.6) is 5.75 Å². The maximum atomic E-state index is 6.30. The van der Waals surface area contributed by atoms with E-state index in [0.29, 0.717) is 0 Å². The van der Waals surface area contributed by atoms with E-state index < -0.39 is 8.32 Å². The van der Waals surface area contributed by atoms with E-state index in [-0.39, 0.29) is 5.04 Å². The number of aryl methyl sites for hydroxylation is 1. The van der Waals surface area contributed by atoms with Crippen molar-refractivity contribution in [1.82, 2.24) is 4.98 Å². The average molecular weight is 279 g/mol. The highest BCUT2D eigenvalue weighted by atomic mass is 32.1. The number of hydrogen-bond donors (Lipinski definition) is 0. The lowest BCUT2D eigenvalue weighted by molar-refractivity contribution is 0.493. The zero-order chi connectivity index (χ0) is 13.6. The molecule has 2 nitrogen and oxygen atoms in total. The topological polar surface area (TPSA) is 22.1 Å². The Kier molecular flexibility index (Phi) is 3.28. The van der Waals surface area contributed by atoms with Gasteiger partial charge >= 0.3 is 0 Å². The third kappa shape index (κ3) is 2.59. The molecule has 1 aromatic carbocycles. The zero-order valence-electron chi connectivity index (χ0n) is 12.0. The van der Waals surface area contributed by atoms with E-state index in [0.717, 1.165) is 16.3 Å². The molecule has 0 aliphatic rings. The average Bonchev–Trinajstić information content (AvgIpc) is 2.54. The highest BCUT2D eigenvalue weighted by Gasteiger charge is 2.38. The number of nitrogens with zero attached hydrogens (tertiary/aromatic N) is 1. The van der Waals surface area contributed by atoms with Gasteiger partial charge in [0.15, 0.2) is 0 Å². The van der Waals surface area contributed by atoms with Gasteiger partial charge in [-0.05, 0) is 43.3 Å². The first-order chi connectivity index (χ1) is 8.19. The van der Waals surface area contributed by atoms with Crippen LogP contribution in [0.25, 0.3) is 10.2 Å². The van der Waals surface area contributed by atoms with Gasteiger partial charge in [0.1, 0.15) is 5.75 Å². The van der Waals surface area contributed by atoms with Gasteiger partial charge in [-0.1, -0.05) is 20.8 Å². The molecule has 0 unspecified atom stereocenters. The van der Waals surface area contributed by atoms with Gasteiger partial charge in [-0.25, -0.2) is 4.98 Å². The van der Waals surface area contributed by atoms with Crippen molar-refractivity contribution in [3.05, 3.63) is 23.2 Å². The molecule has 0 amide bonds. The number of fused-ring (bicyclic) bond motifs is 1. The lowest BCUT2D eigenvalue weighted by Gasteiger charge is -2.36. The van der Waals surface area contributed by atoms with Crippen LogP contribution in [-0.4, -0.2) is 13.3 Å². The third-order valence-corrected chi connectivity index (χ3v) is 8.94. The minimum absolute atomic E-state index is 0.228. The van der Waals surface area contributed by atoms with Crippen molar-refractivity contribution < 1.29 is 4.43 Å². The maximum Gasteiger partial charge on any atom is 0.250 e. The van der Waals surface area contributed by atoms with E-state index >= 15 is 0 Å². The lowest BCUT2D eigenvalue weighted by Crippen LogP contribution is -2.43. The molecule has 0 radical (unpaired) electrons. The summed E-state index contributed by atoms with van der Waals surface area (Å²) in [6.07, 6.45) is 0. The van der Waals surface area contributed by atoms with Crippen LogP contribution in [0.4, 0.5) is 0 Å². The smallest absolute Gasteiger partial charge is 0.250 e. The Balaban J connectivity index is 2.32. The number of aromatic nitrogens is 1. The second-order valence-corrected chi connectivity index (χ2v) is 12.2. The minimum atomic E-state index is -1.74. The molecule has 0 aliphatic heterocycles. The summed E-state index contributed by atoms with van der Waals surface area (Å²) in [6, 6.07) is 6.23. The van der Waals surface area contributed by atoms with Crippen LogP contribution in [0.3, 0.4) is 0 Å². The molecular formula is C14H21NOSSi. The predicted octanol–water partition coefficient (Wildman–Crippen LogP) is 4.99. The fourth-order valence-electron chi connectivity index (χ4n) is 1.53. The van der Waals surface area contributed by atoms with Gasteiger partial charge < -0.3 is 4.43 Å². The van der Waals surface area contributed by atoms with E-state index in [9.17, 15) is 0 Å². The van der Waals surface area contributed by atoms with Crippen molar-refractivity contribution in [2.24, 2.45) is 0 Å². The Morgan fingerprint density at radius 2 is 1.89 bits per heavy atom. The fraction of sp³-hybridized carbons (Fsp3) is 0.500.